The summed E-state index contributed by atoms with van der Waals surface area (Å²) in [5.41, 5.74) is -1.02. The van der Waals surface area contributed by atoms with Crippen LogP contribution in [0.25, 0.3) is 0 Å². The molecule has 0 bridgehead atoms. The topological polar surface area (TPSA) is 110 Å². The summed E-state index contributed by atoms with van der Waals surface area (Å²) in [4.78, 5) is 20.3. The first-order valence-corrected chi connectivity index (χ1v) is 3.76. The van der Waals surface area contributed by atoms with E-state index in [0.29, 0.717) is 0 Å². The number of methoxy groups -OCH3 is 1. The molecule has 0 spiro atoms. The number of nitrogens with zero attached hydrogens (tertiary/aromatic N) is 1. The molecule has 0 heterocycles. The smallest absolute Gasteiger partial charge is 0.339 e. The quantitative estimate of drug-likeness (QED) is 0.572. The molecule has 1 rings (SSSR count). The van der Waals surface area contributed by atoms with E-state index >= 15 is 0 Å². The number of ether oxygens (including phenoxy) is 1. The van der Waals surface area contributed by atoms with E-state index in [0.717, 1.165) is 12.1 Å². The molecule has 7 nitrogen and oxygen atoms in total. The Hall–Kier alpha value is -2.31. The molecule has 0 amide bonds. The van der Waals surface area contributed by atoms with Gasteiger partial charge in [-0.3, -0.25) is 10.1 Å². The van der Waals surface area contributed by atoms with Crippen molar-refractivity contribution in [3.05, 3.63) is 27.8 Å². The van der Waals surface area contributed by atoms with E-state index in [-0.39, 0.29) is 5.75 Å². The number of hydrogen-bond acceptors (Lipinski definition) is 5. The van der Waals surface area contributed by atoms with E-state index in [9.17, 15) is 20.0 Å². The molecule has 1 aromatic carbocycles. The number of rotatable bonds is 3. The number of benzene rings is 1. The summed E-state index contributed by atoms with van der Waals surface area (Å²) < 4.78 is 4.61. The molecule has 80 valence electrons. The zero-order valence-corrected chi connectivity index (χ0v) is 7.63. The number of nitro benzene ring substituents is 1. The lowest BCUT2D eigenvalue weighted by Crippen LogP contribution is -2.00. The van der Waals surface area contributed by atoms with Crippen LogP contribution in [0.2, 0.25) is 0 Å². The first-order valence-electron chi connectivity index (χ1n) is 3.76. The van der Waals surface area contributed by atoms with E-state index in [1.807, 2.05) is 0 Å². The van der Waals surface area contributed by atoms with Gasteiger partial charge < -0.3 is 14.9 Å². The second kappa shape index (κ2) is 3.82. The molecule has 0 saturated heterocycles. The highest BCUT2D eigenvalue weighted by molar-refractivity contribution is 5.92. The number of aromatic hydroxyl groups is 1. The van der Waals surface area contributed by atoms with E-state index in [1.54, 1.807) is 0 Å². The van der Waals surface area contributed by atoms with Gasteiger partial charge >= 0.3 is 5.97 Å². The Morgan fingerprint density at radius 3 is 2.53 bits per heavy atom. The van der Waals surface area contributed by atoms with Crippen molar-refractivity contribution in [3.63, 3.8) is 0 Å². The van der Waals surface area contributed by atoms with Crippen molar-refractivity contribution >= 4 is 11.7 Å². The number of carboxylic acid groups (broad SMARTS) is 1. The van der Waals surface area contributed by atoms with Crippen LogP contribution in [0.5, 0.6) is 11.5 Å². The van der Waals surface area contributed by atoms with Gasteiger partial charge in [0, 0.05) is 6.07 Å². The predicted molar refractivity (Wildman–Crippen MR) is 48.3 cm³/mol. The molecule has 15 heavy (non-hydrogen) atoms. The summed E-state index contributed by atoms with van der Waals surface area (Å²) in [5.74, 6) is -2.34. The molecule has 0 radical (unpaired) electrons. The van der Waals surface area contributed by atoms with Crippen molar-refractivity contribution in [2.45, 2.75) is 0 Å². The second-order valence-corrected chi connectivity index (χ2v) is 2.61. The van der Waals surface area contributed by atoms with E-state index in [2.05, 4.69) is 4.74 Å². The second-order valence-electron chi connectivity index (χ2n) is 2.61. The third-order valence-electron chi connectivity index (χ3n) is 1.72. The molecule has 0 unspecified atom stereocenters. The average molecular weight is 213 g/mol. The van der Waals surface area contributed by atoms with Gasteiger partial charge in [0.15, 0.2) is 11.5 Å². The summed E-state index contributed by atoms with van der Waals surface area (Å²) in [6.45, 7) is 0. The van der Waals surface area contributed by atoms with Gasteiger partial charge in [-0.05, 0) is 0 Å². The minimum absolute atomic E-state index is 0.249. The Labute approximate surface area is 83.7 Å². The van der Waals surface area contributed by atoms with E-state index in [4.69, 9.17) is 5.11 Å². The number of aromatic carboxylic acids is 1. The lowest BCUT2D eigenvalue weighted by atomic mass is 10.1. The number of non-ortho nitro benzene ring substituents is 1. The summed E-state index contributed by atoms with van der Waals surface area (Å²) in [5, 5.41) is 28.4. The Morgan fingerprint density at radius 1 is 1.53 bits per heavy atom. The zero-order chi connectivity index (χ0) is 11.6. The monoisotopic (exact) mass is 213 g/mol. The first kappa shape index (κ1) is 10.8. The lowest BCUT2D eigenvalue weighted by Gasteiger charge is -2.05. The van der Waals surface area contributed by atoms with Crippen LogP contribution in [0.3, 0.4) is 0 Å². The van der Waals surface area contributed by atoms with Crippen molar-refractivity contribution in [3.8, 4) is 11.5 Å². The Balaban J connectivity index is 3.45. The average Bonchev–Trinajstić information content (AvgIpc) is 2.17. The van der Waals surface area contributed by atoms with Crippen LogP contribution >= 0.6 is 0 Å². The molecule has 0 fully saturated rings. The van der Waals surface area contributed by atoms with Crippen molar-refractivity contribution in [2.75, 3.05) is 7.11 Å². The highest BCUT2D eigenvalue weighted by Crippen LogP contribution is 2.34. The summed E-state index contributed by atoms with van der Waals surface area (Å²) >= 11 is 0. The van der Waals surface area contributed by atoms with Crippen molar-refractivity contribution in [1.82, 2.24) is 0 Å². The van der Waals surface area contributed by atoms with Crippen molar-refractivity contribution < 1.29 is 24.7 Å². The summed E-state index contributed by atoms with van der Waals surface area (Å²) in [7, 11) is 1.17. The third kappa shape index (κ3) is 1.96. The van der Waals surface area contributed by atoms with Gasteiger partial charge in [-0.1, -0.05) is 0 Å². The largest absolute Gasteiger partial charge is 0.504 e. The highest BCUT2D eigenvalue weighted by atomic mass is 16.6. The van der Waals surface area contributed by atoms with Crippen LogP contribution in [0.1, 0.15) is 10.4 Å². The minimum Gasteiger partial charge on any atom is -0.504 e. The van der Waals surface area contributed by atoms with Gasteiger partial charge in [0.1, 0.15) is 5.56 Å². The highest BCUT2D eigenvalue weighted by Gasteiger charge is 2.20. The normalized spacial score (nSPS) is 9.67. The lowest BCUT2D eigenvalue weighted by molar-refractivity contribution is -0.385. The Morgan fingerprint density at radius 2 is 2.13 bits per heavy atom. The third-order valence-corrected chi connectivity index (χ3v) is 1.72. The van der Waals surface area contributed by atoms with Crippen LogP contribution < -0.4 is 4.74 Å². The van der Waals surface area contributed by atoms with Gasteiger partial charge in [-0.15, -0.1) is 0 Å². The fourth-order valence-corrected chi connectivity index (χ4v) is 1.02. The maximum atomic E-state index is 10.6. The van der Waals surface area contributed by atoms with Crippen LogP contribution in [-0.2, 0) is 0 Å². The van der Waals surface area contributed by atoms with Gasteiger partial charge in [0.05, 0.1) is 18.1 Å². The molecular formula is C8H7NO6. The molecule has 1 aromatic rings. The summed E-state index contributed by atoms with van der Waals surface area (Å²) in [6, 6.07) is 1.71. The van der Waals surface area contributed by atoms with Crippen molar-refractivity contribution in [1.29, 1.82) is 0 Å². The number of nitro groups is 1. The Bertz CT molecular complexity index is 427. The number of carbonyl (C=O) groups is 1. The summed E-state index contributed by atoms with van der Waals surface area (Å²) in [6.07, 6.45) is 0. The molecule has 7 heteroatoms. The van der Waals surface area contributed by atoms with Gasteiger partial charge in [-0.25, -0.2) is 4.79 Å². The molecule has 0 aliphatic rings. The molecule has 2 N–H and O–H groups in total. The molecule has 0 atom stereocenters. The molecule has 0 aliphatic heterocycles. The fourth-order valence-electron chi connectivity index (χ4n) is 1.02. The Kier molecular flexibility index (Phi) is 2.75. The first-order chi connectivity index (χ1) is 6.97. The number of hydrogen-bond donors (Lipinski definition) is 2. The molecule has 0 aliphatic carbocycles. The predicted octanol–water partition coefficient (Wildman–Crippen LogP) is 1.01. The number of phenols is 1. The SMILES string of the molecule is COc1cc([N+](=O)[O-])cc(C(=O)O)c1O. The van der Waals surface area contributed by atoms with Crippen LogP contribution in [-0.4, -0.2) is 28.2 Å². The van der Waals surface area contributed by atoms with E-state index in [1.165, 1.54) is 7.11 Å². The molecule has 0 aromatic heterocycles. The van der Waals surface area contributed by atoms with Crippen molar-refractivity contribution in [2.24, 2.45) is 0 Å². The minimum atomic E-state index is -1.46. The van der Waals surface area contributed by atoms with Gasteiger partial charge in [-0.2, -0.15) is 0 Å². The van der Waals surface area contributed by atoms with Crippen LogP contribution in [0.15, 0.2) is 12.1 Å². The van der Waals surface area contributed by atoms with Crippen LogP contribution in [0.4, 0.5) is 5.69 Å². The van der Waals surface area contributed by atoms with Gasteiger partial charge in [0.2, 0.25) is 0 Å². The van der Waals surface area contributed by atoms with Crippen LogP contribution in [0, 0.1) is 10.1 Å². The van der Waals surface area contributed by atoms with Gasteiger partial charge in [0.25, 0.3) is 5.69 Å². The fraction of sp³-hybridized carbons (Fsp3) is 0.125. The zero-order valence-electron chi connectivity index (χ0n) is 7.63. The molecule has 0 saturated carbocycles. The number of carboxylic acids is 1. The molecular weight excluding hydrogens is 206 g/mol. The maximum Gasteiger partial charge on any atom is 0.339 e. The standard InChI is InChI=1S/C8H7NO6/c1-15-6-3-4(9(13)14)2-5(7(6)10)8(11)12/h2-3,10H,1H3,(H,11,12). The van der Waals surface area contributed by atoms with E-state index < -0.39 is 27.9 Å². The maximum absolute atomic E-state index is 10.6.